The second-order valence-electron chi connectivity index (χ2n) is 5.07. The van der Waals surface area contributed by atoms with Crippen molar-refractivity contribution in [3.8, 4) is 0 Å². The fourth-order valence-electron chi connectivity index (χ4n) is 2.77. The van der Waals surface area contributed by atoms with Crippen molar-refractivity contribution in [3.63, 3.8) is 0 Å². The predicted molar refractivity (Wildman–Crippen MR) is 77.3 cm³/mol. The average Bonchev–Trinajstić information content (AvgIpc) is 2.41. The summed E-state index contributed by atoms with van der Waals surface area (Å²) in [4.78, 5) is 0.342. The molecule has 0 aromatic heterocycles. The number of hydrogen-bond donors (Lipinski definition) is 1. The first-order valence-corrected chi connectivity index (χ1v) is 8.37. The van der Waals surface area contributed by atoms with Crippen LogP contribution < -0.4 is 5.73 Å². The van der Waals surface area contributed by atoms with E-state index in [0.29, 0.717) is 17.1 Å². The second-order valence-corrected chi connectivity index (χ2v) is 6.96. The quantitative estimate of drug-likeness (QED) is 0.863. The standard InChI is InChI=1S/C14H22N2O2S/c1-2-16(13-6-4-3-5-7-13)19(17,18)14-10-8-12(15)9-11-14/h8-11,13H,2-7,15H2,1H3. The number of sulfonamides is 1. The first-order valence-electron chi connectivity index (χ1n) is 6.93. The van der Waals surface area contributed by atoms with Gasteiger partial charge in [0.15, 0.2) is 0 Å². The van der Waals surface area contributed by atoms with E-state index in [9.17, 15) is 8.42 Å². The summed E-state index contributed by atoms with van der Waals surface area (Å²) in [7, 11) is -3.39. The van der Waals surface area contributed by atoms with Crippen LogP contribution in [0.15, 0.2) is 29.2 Å². The van der Waals surface area contributed by atoms with Gasteiger partial charge in [-0.3, -0.25) is 0 Å². The molecule has 5 heteroatoms. The predicted octanol–water partition coefficient (Wildman–Crippen LogP) is 2.61. The van der Waals surface area contributed by atoms with Gasteiger partial charge in [-0.2, -0.15) is 4.31 Å². The van der Waals surface area contributed by atoms with Crippen LogP contribution in [0.1, 0.15) is 39.0 Å². The molecule has 4 nitrogen and oxygen atoms in total. The number of nitrogen functional groups attached to an aromatic ring is 1. The van der Waals surface area contributed by atoms with Crippen LogP contribution in [-0.2, 0) is 10.0 Å². The topological polar surface area (TPSA) is 63.4 Å². The summed E-state index contributed by atoms with van der Waals surface area (Å²) in [5, 5.41) is 0. The van der Waals surface area contributed by atoms with Crippen molar-refractivity contribution in [2.75, 3.05) is 12.3 Å². The van der Waals surface area contributed by atoms with Gasteiger partial charge in [0.2, 0.25) is 10.0 Å². The number of nitrogens with zero attached hydrogens (tertiary/aromatic N) is 1. The molecule has 106 valence electrons. The lowest BCUT2D eigenvalue weighted by Gasteiger charge is -2.32. The molecule has 2 rings (SSSR count). The number of rotatable bonds is 4. The Balaban J connectivity index is 2.27. The molecule has 0 atom stereocenters. The Morgan fingerprint density at radius 1 is 1.16 bits per heavy atom. The minimum Gasteiger partial charge on any atom is -0.399 e. The molecule has 1 aliphatic rings. The van der Waals surface area contributed by atoms with E-state index in [4.69, 9.17) is 5.73 Å². The highest BCUT2D eigenvalue weighted by Gasteiger charge is 2.30. The number of benzene rings is 1. The summed E-state index contributed by atoms with van der Waals surface area (Å²) in [5.74, 6) is 0. The van der Waals surface area contributed by atoms with Crippen molar-refractivity contribution >= 4 is 15.7 Å². The van der Waals surface area contributed by atoms with Crippen LogP contribution >= 0.6 is 0 Å². The zero-order valence-corrected chi connectivity index (χ0v) is 12.2. The van der Waals surface area contributed by atoms with E-state index in [1.165, 1.54) is 6.42 Å². The van der Waals surface area contributed by atoms with Gasteiger partial charge in [0, 0.05) is 18.3 Å². The molecule has 2 N–H and O–H groups in total. The molecule has 19 heavy (non-hydrogen) atoms. The molecular weight excluding hydrogens is 260 g/mol. The maximum atomic E-state index is 12.7. The van der Waals surface area contributed by atoms with Crippen LogP contribution in [0.2, 0.25) is 0 Å². The van der Waals surface area contributed by atoms with Gasteiger partial charge < -0.3 is 5.73 Å². The van der Waals surface area contributed by atoms with Gasteiger partial charge in [0.25, 0.3) is 0 Å². The van der Waals surface area contributed by atoms with Crippen LogP contribution in [-0.4, -0.2) is 25.3 Å². The van der Waals surface area contributed by atoms with E-state index in [2.05, 4.69) is 0 Å². The number of nitrogens with two attached hydrogens (primary N) is 1. The van der Waals surface area contributed by atoms with E-state index < -0.39 is 10.0 Å². The summed E-state index contributed by atoms with van der Waals surface area (Å²) < 4.78 is 27.0. The summed E-state index contributed by atoms with van der Waals surface area (Å²) >= 11 is 0. The largest absolute Gasteiger partial charge is 0.399 e. The molecule has 1 aromatic carbocycles. The Morgan fingerprint density at radius 2 is 1.74 bits per heavy atom. The Bertz CT molecular complexity index is 505. The van der Waals surface area contributed by atoms with Crippen molar-refractivity contribution < 1.29 is 8.42 Å². The van der Waals surface area contributed by atoms with Gasteiger partial charge in [-0.25, -0.2) is 8.42 Å². The summed E-state index contributed by atoms with van der Waals surface area (Å²) in [6.45, 7) is 2.43. The highest BCUT2D eigenvalue weighted by molar-refractivity contribution is 7.89. The van der Waals surface area contributed by atoms with Gasteiger partial charge in [-0.1, -0.05) is 26.2 Å². The lowest BCUT2D eigenvalue weighted by molar-refractivity contribution is 0.261. The zero-order valence-electron chi connectivity index (χ0n) is 11.4. The lowest BCUT2D eigenvalue weighted by Crippen LogP contribution is -2.41. The van der Waals surface area contributed by atoms with Crippen molar-refractivity contribution in [3.05, 3.63) is 24.3 Å². The SMILES string of the molecule is CCN(C1CCCCC1)S(=O)(=O)c1ccc(N)cc1. The maximum absolute atomic E-state index is 12.7. The molecule has 1 aliphatic carbocycles. The van der Waals surface area contributed by atoms with E-state index in [1.807, 2.05) is 6.92 Å². The minimum absolute atomic E-state index is 0.154. The zero-order chi connectivity index (χ0) is 13.9. The molecule has 1 fully saturated rings. The van der Waals surface area contributed by atoms with Crippen LogP contribution in [0.4, 0.5) is 5.69 Å². The third-order valence-corrected chi connectivity index (χ3v) is 5.82. The Kier molecular flexibility index (Phi) is 4.47. The molecule has 0 heterocycles. The van der Waals surface area contributed by atoms with Crippen molar-refractivity contribution in [2.45, 2.75) is 50.0 Å². The number of anilines is 1. The van der Waals surface area contributed by atoms with Gasteiger partial charge in [0.05, 0.1) is 4.90 Å². The van der Waals surface area contributed by atoms with Crippen molar-refractivity contribution in [2.24, 2.45) is 0 Å². The number of hydrogen-bond acceptors (Lipinski definition) is 3. The van der Waals surface area contributed by atoms with E-state index in [1.54, 1.807) is 28.6 Å². The highest BCUT2D eigenvalue weighted by Crippen LogP contribution is 2.27. The fraction of sp³-hybridized carbons (Fsp3) is 0.571. The van der Waals surface area contributed by atoms with Crippen molar-refractivity contribution in [1.29, 1.82) is 0 Å². The fourth-order valence-corrected chi connectivity index (χ4v) is 4.46. The highest BCUT2D eigenvalue weighted by atomic mass is 32.2. The summed E-state index contributed by atoms with van der Waals surface area (Å²) in [6.07, 6.45) is 5.41. The van der Waals surface area contributed by atoms with Crippen molar-refractivity contribution in [1.82, 2.24) is 4.31 Å². The molecular formula is C14H22N2O2S. The van der Waals surface area contributed by atoms with Gasteiger partial charge in [-0.15, -0.1) is 0 Å². The monoisotopic (exact) mass is 282 g/mol. The average molecular weight is 282 g/mol. The Morgan fingerprint density at radius 3 is 2.26 bits per heavy atom. The molecule has 0 bridgehead atoms. The molecule has 1 saturated carbocycles. The van der Waals surface area contributed by atoms with Gasteiger partial charge >= 0.3 is 0 Å². The van der Waals surface area contributed by atoms with Crippen LogP contribution in [0.5, 0.6) is 0 Å². The third-order valence-electron chi connectivity index (χ3n) is 3.78. The molecule has 0 saturated heterocycles. The van der Waals surface area contributed by atoms with Gasteiger partial charge in [-0.05, 0) is 37.1 Å². The van der Waals surface area contributed by atoms with E-state index in [-0.39, 0.29) is 6.04 Å². The van der Waals surface area contributed by atoms with Gasteiger partial charge in [0.1, 0.15) is 0 Å². The lowest BCUT2D eigenvalue weighted by atomic mass is 9.95. The smallest absolute Gasteiger partial charge is 0.243 e. The first kappa shape index (κ1) is 14.3. The Labute approximate surface area is 115 Å². The molecule has 0 spiro atoms. The summed E-state index contributed by atoms with van der Waals surface area (Å²) in [6, 6.07) is 6.62. The molecule has 0 amide bonds. The minimum atomic E-state index is -3.39. The van der Waals surface area contributed by atoms with Crippen LogP contribution in [0.3, 0.4) is 0 Å². The molecule has 0 radical (unpaired) electrons. The first-order chi connectivity index (χ1) is 9.05. The maximum Gasteiger partial charge on any atom is 0.243 e. The van der Waals surface area contributed by atoms with Crippen LogP contribution in [0.25, 0.3) is 0 Å². The third kappa shape index (κ3) is 3.09. The van der Waals surface area contributed by atoms with E-state index >= 15 is 0 Å². The second kappa shape index (κ2) is 5.92. The molecule has 0 aliphatic heterocycles. The van der Waals surface area contributed by atoms with E-state index in [0.717, 1.165) is 25.7 Å². The van der Waals surface area contributed by atoms with Crippen LogP contribution in [0, 0.1) is 0 Å². The molecule has 0 unspecified atom stereocenters. The normalized spacial score (nSPS) is 17.8. The summed E-state index contributed by atoms with van der Waals surface area (Å²) in [5.41, 5.74) is 6.20. The molecule has 1 aromatic rings. The Hall–Kier alpha value is -1.07.